The minimum absolute atomic E-state index is 0.124. The van der Waals surface area contributed by atoms with E-state index < -0.39 is 11.6 Å². The molecule has 0 saturated heterocycles. The fourth-order valence-electron chi connectivity index (χ4n) is 1.34. The number of aromatic nitrogens is 2. The monoisotopic (exact) mass is 221 g/mol. The van der Waals surface area contributed by atoms with Crippen molar-refractivity contribution in [1.29, 1.82) is 0 Å². The van der Waals surface area contributed by atoms with Crippen LogP contribution in [0.5, 0.6) is 0 Å². The SMILES string of the molecule is CNc1cc(-c2cccc(F)c2F)ncn1. The summed E-state index contributed by atoms with van der Waals surface area (Å²) in [6.07, 6.45) is 1.30. The molecular formula is C11H9F2N3. The van der Waals surface area contributed by atoms with Gasteiger partial charge >= 0.3 is 0 Å². The Hall–Kier alpha value is -2.04. The van der Waals surface area contributed by atoms with Gasteiger partial charge in [-0.1, -0.05) is 6.07 Å². The summed E-state index contributed by atoms with van der Waals surface area (Å²) in [6.45, 7) is 0. The van der Waals surface area contributed by atoms with Gasteiger partial charge in [0.05, 0.1) is 5.69 Å². The number of nitrogens with one attached hydrogen (secondary N) is 1. The van der Waals surface area contributed by atoms with Crippen molar-refractivity contribution in [2.24, 2.45) is 0 Å². The molecule has 0 fully saturated rings. The third-order valence-corrected chi connectivity index (χ3v) is 2.15. The second kappa shape index (κ2) is 4.22. The van der Waals surface area contributed by atoms with Crippen LogP contribution in [0, 0.1) is 11.6 Å². The van der Waals surface area contributed by atoms with Crippen molar-refractivity contribution in [2.75, 3.05) is 12.4 Å². The molecule has 2 rings (SSSR count). The lowest BCUT2D eigenvalue weighted by atomic mass is 10.1. The van der Waals surface area contributed by atoms with Crippen LogP contribution >= 0.6 is 0 Å². The summed E-state index contributed by atoms with van der Waals surface area (Å²) in [5.74, 6) is -1.24. The van der Waals surface area contributed by atoms with Crippen LogP contribution in [-0.2, 0) is 0 Å². The molecule has 5 heteroatoms. The maximum absolute atomic E-state index is 13.5. The van der Waals surface area contributed by atoms with Crippen molar-refractivity contribution in [3.8, 4) is 11.3 Å². The number of nitrogens with zero attached hydrogens (tertiary/aromatic N) is 2. The molecule has 1 N–H and O–H groups in total. The summed E-state index contributed by atoms with van der Waals surface area (Å²) in [5.41, 5.74) is 0.468. The van der Waals surface area contributed by atoms with Gasteiger partial charge in [0.1, 0.15) is 12.1 Å². The molecule has 0 amide bonds. The van der Waals surface area contributed by atoms with Gasteiger partial charge in [-0.25, -0.2) is 18.7 Å². The fraction of sp³-hybridized carbons (Fsp3) is 0.0909. The van der Waals surface area contributed by atoms with Crippen LogP contribution in [0.15, 0.2) is 30.6 Å². The lowest BCUT2D eigenvalue weighted by Gasteiger charge is -2.04. The van der Waals surface area contributed by atoms with Gasteiger partial charge < -0.3 is 5.32 Å². The molecule has 2 aromatic rings. The van der Waals surface area contributed by atoms with Gasteiger partial charge in [0.25, 0.3) is 0 Å². The van der Waals surface area contributed by atoms with E-state index in [0.29, 0.717) is 11.5 Å². The van der Waals surface area contributed by atoms with E-state index >= 15 is 0 Å². The van der Waals surface area contributed by atoms with Crippen molar-refractivity contribution in [3.05, 3.63) is 42.2 Å². The predicted molar refractivity (Wildman–Crippen MR) is 56.9 cm³/mol. The molecule has 0 unspecified atom stereocenters. The van der Waals surface area contributed by atoms with Crippen LogP contribution in [0.4, 0.5) is 14.6 Å². The summed E-state index contributed by atoms with van der Waals surface area (Å²) in [5, 5.41) is 2.80. The maximum atomic E-state index is 13.5. The van der Waals surface area contributed by atoms with Crippen molar-refractivity contribution in [2.45, 2.75) is 0 Å². The smallest absolute Gasteiger partial charge is 0.168 e. The second-order valence-corrected chi connectivity index (χ2v) is 3.14. The van der Waals surface area contributed by atoms with Gasteiger partial charge in [-0.2, -0.15) is 0 Å². The Bertz CT molecular complexity index is 514. The lowest BCUT2D eigenvalue weighted by molar-refractivity contribution is 0.511. The lowest BCUT2D eigenvalue weighted by Crippen LogP contribution is -1.96. The van der Waals surface area contributed by atoms with E-state index in [2.05, 4.69) is 15.3 Å². The highest BCUT2D eigenvalue weighted by Crippen LogP contribution is 2.23. The molecule has 0 saturated carbocycles. The van der Waals surface area contributed by atoms with Gasteiger partial charge in [-0.15, -0.1) is 0 Å². The van der Waals surface area contributed by atoms with Gasteiger partial charge in [0, 0.05) is 18.7 Å². The molecule has 3 nitrogen and oxygen atoms in total. The number of hydrogen-bond acceptors (Lipinski definition) is 3. The first-order valence-corrected chi connectivity index (χ1v) is 4.66. The highest BCUT2D eigenvalue weighted by molar-refractivity contribution is 5.62. The third-order valence-electron chi connectivity index (χ3n) is 2.15. The molecule has 0 aliphatic carbocycles. The molecule has 0 atom stereocenters. The maximum Gasteiger partial charge on any atom is 0.168 e. The van der Waals surface area contributed by atoms with Crippen LogP contribution in [0.1, 0.15) is 0 Å². The summed E-state index contributed by atoms with van der Waals surface area (Å²) < 4.78 is 26.5. The number of hydrogen-bond donors (Lipinski definition) is 1. The first-order chi connectivity index (χ1) is 7.72. The molecule has 0 aliphatic heterocycles. The Labute approximate surface area is 91.2 Å². The zero-order chi connectivity index (χ0) is 11.5. The summed E-state index contributed by atoms with van der Waals surface area (Å²) in [7, 11) is 1.69. The van der Waals surface area contributed by atoms with E-state index in [0.717, 1.165) is 6.07 Å². The second-order valence-electron chi connectivity index (χ2n) is 3.14. The molecule has 16 heavy (non-hydrogen) atoms. The summed E-state index contributed by atoms with van der Waals surface area (Å²) >= 11 is 0. The van der Waals surface area contributed by atoms with E-state index in [9.17, 15) is 8.78 Å². The molecule has 1 aromatic carbocycles. The molecule has 1 aromatic heterocycles. The first-order valence-electron chi connectivity index (χ1n) is 4.66. The minimum Gasteiger partial charge on any atom is -0.373 e. The topological polar surface area (TPSA) is 37.8 Å². The Morgan fingerprint density at radius 2 is 2.00 bits per heavy atom. The van der Waals surface area contributed by atoms with Gasteiger partial charge in [-0.3, -0.25) is 0 Å². The van der Waals surface area contributed by atoms with Gasteiger partial charge in [-0.05, 0) is 12.1 Å². The predicted octanol–water partition coefficient (Wildman–Crippen LogP) is 2.46. The fourth-order valence-corrected chi connectivity index (χ4v) is 1.34. The molecule has 82 valence electrons. The van der Waals surface area contributed by atoms with E-state index in [4.69, 9.17) is 0 Å². The van der Waals surface area contributed by atoms with Crippen molar-refractivity contribution in [1.82, 2.24) is 9.97 Å². The molecule has 0 bridgehead atoms. The standard InChI is InChI=1S/C11H9F2N3/c1-14-10-5-9(15-6-16-10)7-3-2-4-8(12)11(7)13/h2-6H,1H3,(H,14,15,16). The Morgan fingerprint density at radius 1 is 1.19 bits per heavy atom. The first kappa shape index (κ1) is 10.5. The number of halogens is 2. The van der Waals surface area contributed by atoms with Crippen LogP contribution in [0.3, 0.4) is 0 Å². The summed E-state index contributed by atoms with van der Waals surface area (Å²) in [4.78, 5) is 7.80. The van der Waals surface area contributed by atoms with E-state index in [1.165, 1.54) is 18.5 Å². The zero-order valence-corrected chi connectivity index (χ0v) is 8.54. The zero-order valence-electron chi connectivity index (χ0n) is 8.54. The van der Waals surface area contributed by atoms with E-state index in [1.807, 2.05) is 0 Å². The van der Waals surface area contributed by atoms with Crippen molar-refractivity contribution in [3.63, 3.8) is 0 Å². The minimum atomic E-state index is -0.900. The number of rotatable bonds is 2. The van der Waals surface area contributed by atoms with Gasteiger partial charge in [0.2, 0.25) is 0 Å². The van der Waals surface area contributed by atoms with Gasteiger partial charge in [0.15, 0.2) is 11.6 Å². The number of anilines is 1. The molecule has 0 spiro atoms. The third kappa shape index (κ3) is 1.84. The Morgan fingerprint density at radius 3 is 2.75 bits per heavy atom. The highest BCUT2D eigenvalue weighted by atomic mass is 19.2. The summed E-state index contributed by atoms with van der Waals surface area (Å²) in [6, 6.07) is 5.53. The van der Waals surface area contributed by atoms with E-state index in [1.54, 1.807) is 13.1 Å². The normalized spacial score (nSPS) is 10.2. The number of benzene rings is 1. The van der Waals surface area contributed by atoms with Crippen LogP contribution in [0.25, 0.3) is 11.3 Å². The largest absolute Gasteiger partial charge is 0.373 e. The molecule has 0 aliphatic rings. The molecule has 0 radical (unpaired) electrons. The van der Waals surface area contributed by atoms with Crippen LogP contribution in [-0.4, -0.2) is 17.0 Å². The molecular weight excluding hydrogens is 212 g/mol. The van der Waals surface area contributed by atoms with Crippen molar-refractivity contribution < 1.29 is 8.78 Å². The molecule has 1 heterocycles. The Kier molecular flexibility index (Phi) is 2.76. The highest BCUT2D eigenvalue weighted by Gasteiger charge is 2.10. The van der Waals surface area contributed by atoms with Crippen molar-refractivity contribution >= 4 is 5.82 Å². The Balaban J connectivity index is 2.54. The van der Waals surface area contributed by atoms with E-state index in [-0.39, 0.29) is 5.56 Å². The van der Waals surface area contributed by atoms with Crippen LogP contribution < -0.4 is 5.32 Å². The average Bonchev–Trinajstić information content (AvgIpc) is 2.33. The van der Waals surface area contributed by atoms with Crippen LogP contribution in [0.2, 0.25) is 0 Å². The quantitative estimate of drug-likeness (QED) is 0.846. The average molecular weight is 221 g/mol.